The third kappa shape index (κ3) is 7.62. The third-order valence-electron chi connectivity index (χ3n) is 7.14. The number of hydrogen-bond acceptors (Lipinski definition) is 8. The molecule has 0 aliphatic heterocycles. The van der Waals surface area contributed by atoms with E-state index in [2.05, 4.69) is 34.8 Å². The second kappa shape index (κ2) is 13.8. The van der Waals surface area contributed by atoms with Crippen molar-refractivity contribution in [3.63, 3.8) is 0 Å². The number of sulfone groups is 1. The SMILES string of the molecule is CCC1CCC(CNCc2sc(S)c(S(=O)(=O)C(C)C)c2Cl)CC1.Cc1nc(N(C)C)c2ccccc2n1. The fourth-order valence-electron chi connectivity index (χ4n) is 4.77. The average molecular weight is 597 g/mol. The van der Waals surface area contributed by atoms with Crippen molar-refractivity contribution >= 4 is 62.1 Å². The maximum atomic E-state index is 12.4. The molecule has 0 spiro atoms. The summed E-state index contributed by atoms with van der Waals surface area (Å²) in [5, 5.41) is 4.42. The molecule has 2 aromatic heterocycles. The van der Waals surface area contributed by atoms with E-state index in [1.165, 1.54) is 43.4 Å². The van der Waals surface area contributed by atoms with Gasteiger partial charge in [0.05, 0.1) is 20.0 Å². The van der Waals surface area contributed by atoms with Crippen molar-refractivity contribution in [1.29, 1.82) is 0 Å². The van der Waals surface area contributed by atoms with Gasteiger partial charge in [-0.1, -0.05) is 49.9 Å². The number of anilines is 1. The van der Waals surface area contributed by atoms with Gasteiger partial charge in [0, 0.05) is 30.9 Å². The average Bonchev–Trinajstić information content (AvgIpc) is 3.17. The van der Waals surface area contributed by atoms with Crippen LogP contribution in [0.5, 0.6) is 0 Å². The lowest BCUT2D eigenvalue weighted by molar-refractivity contribution is 0.262. The molecule has 1 saturated carbocycles. The van der Waals surface area contributed by atoms with Crippen LogP contribution in [0.3, 0.4) is 0 Å². The summed E-state index contributed by atoms with van der Waals surface area (Å²) in [5.41, 5.74) is 1.00. The molecule has 0 radical (unpaired) electrons. The molecule has 1 N–H and O–H groups in total. The molecule has 6 nitrogen and oxygen atoms in total. The highest BCUT2D eigenvalue weighted by Gasteiger charge is 2.29. The van der Waals surface area contributed by atoms with E-state index in [0.29, 0.717) is 15.8 Å². The number of thiol groups is 1. The van der Waals surface area contributed by atoms with Gasteiger partial charge in [0.25, 0.3) is 0 Å². The number of halogens is 1. The van der Waals surface area contributed by atoms with Gasteiger partial charge in [0.2, 0.25) is 0 Å². The topological polar surface area (TPSA) is 75.2 Å². The normalized spacial score (nSPS) is 17.9. The van der Waals surface area contributed by atoms with Crippen molar-refractivity contribution < 1.29 is 8.42 Å². The van der Waals surface area contributed by atoms with Crippen LogP contribution in [-0.4, -0.2) is 44.3 Å². The van der Waals surface area contributed by atoms with Gasteiger partial charge in [0.15, 0.2) is 9.84 Å². The smallest absolute Gasteiger partial charge is 0.184 e. The first-order valence-electron chi connectivity index (χ1n) is 13.3. The van der Waals surface area contributed by atoms with Crippen LogP contribution in [0, 0.1) is 18.8 Å². The summed E-state index contributed by atoms with van der Waals surface area (Å²) < 4.78 is 25.3. The zero-order valence-corrected chi connectivity index (χ0v) is 26.6. The Labute approximate surface area is 242 Å². The summed E-state index contributed by atoms with van der Waals surface area (Å²) in [6, 6.07) is 8.06. The van der Waals surface area contributed by atoms with E-state index < -0.39 is 15.1 Å². The van der Waals surface area contributed by atoms with E-state index in [0.717, 1.165) is 45.8 Å². The number of aromatic nitrogens is 2. The number of thiophene rings is 1. The maximum absolute atomic E-state index is 12.4. The molecule has 0 bridgehead atoms. The van der Waals surface area contributed by atoms with Gasteiger partial charge < -0.3 is 10.2 Å². The van der Waals surface area contributed by atoms with Gasteiger partial charge in [-0.25, -0.2) is 18.4 Å². The second-order valence-electron chi connectivity index (χ2n) is 10.5. The summed E-state index contributed by atoms with van der Waals surface area (Å²) >= 11 is 12.1. The summed E-state index contributed by atoms with van der Waals surface area (Å²) in [6.07, 6.45) is 6.53. The van der Waals surface area contributed by atoms with Crippen LogP contribution in [-0.2, 0) is 16.4 Å². The van der Waals surface area contributed by atoms with Crippen LogP contribution in [0.4, 0.5) is 5.82 Å². The van der Waals surface area contributed by atoms with E-state index >= 15 is 0 Å². The van der Waals surface area contributed by atoms with Crippen molar-refractivity contribution in [2.24, 2.45) is 11.8 Å². The number of para-hydroxylation sites is 1. The lowest BCUT2D eigenvalue weighted by Crippen LogP contribution is -2.26. The quantitative estimate of drug-likeness (QED) is 0.268. The minimum atomic E-state index is -3.40. The van der Waals surface area contributed by atoms with Gasteiger partial charge in [-0.3, -0.25) is 0 Å². The molecule has 0 amide bonds. The molecular weight excluding hydrogens is 556 g/mol. The molecule has 0 saturated heterocycles. The number of rotatable bonds is 8. The van der Waals surface area contributed by atoms with Crippen LogP contribution < -0.4 is 10.2 Å². The van der Waals surface area contributed by atoms with Crippen LogP contribution in [0.25, 0.3) is 10.9 Å². The van der Waals surface area contributed by atoms with Crippen LogP contribution in [0.15, 0.2) is 33.4 Å². The van der Waals surface area contributed by atoms with Crippen molar-refractivity contribution in [3.05, 3.63) is 40.0 Å². The van der Waals surface area contributed by atoms with E-state index in [-0.39, 0.29) is 4.90 Å². The number of aryl methyl sites for hydroxylation is 1. The Morgan fingerprint density at radius 2 is 1.76 bits per heavy atom. The molecule has 1 fully saturated rings. The van der Waals surface area contributed by atoms with Crippen molar-refractivity contribution in [2.75, 3.05) is 25.5 Å². The molecule has 38 heavy (non-hydrogen) atoms. The fourth-order valence-corrected chi connectivity index (χ4v) is 8.74. The lowest BCUT2D eigenvalue weighted by atomic mass is 9.81. The zero-order valence-electron chi connectivity index (χ0n) is 23.3. The van der Waals surface area contributed by atoms with Crippen LogP contribution >= 0.6 is 35.6 Å². The van der Waals surface area contributed by atoms with E-state index in [4.69, 9.17) is 11.6 Å². The molecule has 4 rings (SSSR count). The number of hydrogen-bond donors (Lipinski definition) is 2. The largest absolute Gasteiger partial charge is 0.362 e. The van der Waals surface area contributed by atoms with E-state index in [1.807, 2.05) is 50.2 Å². The Balaban J connectivity index is 0.000000241. The lowest BCUT2D eigenvalue weighted by Gasteiger charge is -2.27. The Morgan fingerprint density at radius 3 is 2.37 bits per heavy atom. The van der Waals surface area contributed by atoms with Gasteiger partial charge in [-0.2, -0.15) is 0 Å². The predicted molar refractivity (Wildman–Crippen MR) is 165 cm³/mol. The molecule has 3 aromatic rings. The standard InChI is InChI=1S/C17H28ClNO2S3.C11H13N3/c1-4-12-5-7-13(8-6-12)9-19-10-14-15(18)16(17(22)23-14)24(20,21)11(2)3;1-8-12-10-7-5-4-6-9(10)11(13-8)14(2)3/h11-13,19,22H,4-10H2,1-3H3;4-7H,1-3H3. The fraction of sp³-hybridized carbons (Fsp3) is 0.571. The predicted octanol–water partition coefficient (Wildman–Crippen LogP) is 7.18. The minimum Gasteiger partial charge on any atom is -0.362 e. The van der Waals surface area contributed by atoms with Crippen molar-refractivity contribution in [1.82, 2.24) is 15.3 Å². The van der Waals surface area contributed by atoms with Crippen molar-refractivity contribution in [2.45, 2.75) is 80.7 Å². The second-order valence-corrected chi connectivity index (χ2v) is 15.2. The number of nitrogens with zero attached hydrogens (tertiary/aromatic N) is 3. The van der Waals surface area contributed by atoms with Crippen LogP contribution in [0.2, 0.25) is 5.02 Å². The Morgan fingerprint density at radius 1 is 1.13 bits per heavy atom. The molecule has 210 valence electrons. The molecule has 2 heterocycles. The highest BCUT2D eigenvalue weighted by atomic mass is 35.5. The Kier molecular flexibility index (Phi) is 11.3. The molecule has 0 atom stereocenters. The molecule has 1 aliphatic rings. The summed E-state index contributed by atoms with van der Waals surface area (Å²) in [7, 11) is 0.591. The molecule has 0 unspecified atom stereocenters. The van der Waals surface area contributed by atoms with E-state index in [9.17, 15) is 8.42 Å². The van der Waals surface area contributed by atoms with Gasteiger partial charge in [-0.15, -0.1) is 24.0 Å². The molecule has 10 heteroatoms. The molecule has 1 aliphatic carbocycles. The summed E-state index contributed by atoms with van der Waals surface area (Å²) in [6.45, 7) is 9.11. The Hall–Kier alpha value is -1.39. The van der Waals surface area contributed by atoms with Gasteiger partial charge in [0.1, 0.15) is 16.5 Å². The number of fused-ring (bicyclic) bond motifs is 1. The molecular formula is C28H41ClN4O2S3. The van der Waals surface area contributed by atoms with Gasteiger partial charge in [-0.05, 0) is 64.1 Å². The molecule has 1 aromatic carbocycles. The highest BCUT2D eigenvalue weighted by Crippen LogP contribution is 2.40. The van der Waals surface area contributed by atoms with Gasteiger partial charge >= 0.3 is 0 Å². The summed E-state index contributed by atoms with van der Waals surface area (Å²) in [4.78, 5) is 11.9. The first kappa shape index (κ1) is 31.1. The van der Waals surface area contributed by atoms with Crippen LogP contribution in [0.1, 0.15) is 63.6 Å². The number of benzene rings is 1. The zero-order chi connectivity index (χ0) is 28.0. The maximum Gasteiger partial charge on any atom is 0.184 e. The third-order valence-corrected chi connectivity index (χ3v) is 11.8. The summed E-state index contributed by atoms with van der Waals surface area (Å²) in [5.74, 6) is 3.42. The monoisotopic (exact) mass is 596 g/mol. The highest BCUT2D eigenvalue weighted by molar-refractivity contribution is 7.93. The Bertz CT molecular complexity index is 1320. The van der Waals surface area contributed by atoms with Crippen molar-refractivity contribution in [3.8, 4) is 0 Å². The minimum absolute atomic E-state index is 0.202. The van der Waals surface area contributed by atoms with E-state index in [1.54, 1.807) is 13.8 Å². The number of nitrogens with one attached hydrogen (secondary N) is 1. The first-order valence-corrected chi connectivity index (χ1v) is 16.5. The first-order chi connectivity index (χ1) is 17.9.